The maximum absolute atomic E-state index is 14.2. The molecule has 3 rings (SSSR count). The molecule has 162 valence electrons. The van der Waals surface area contributed by atoms with Crippen molar-refractivity contribution in [3.8, 4) is 11.5 Å². The number of rotatable bonds is 4. The van der Waals surface area contributed by atoms with E-state index in [0.717, 1.165) is 12.1 Å². The first-order chi connectivity index (χ1) is 13.7. The fourth-order valence-electron chi connectivity index (χ4n) is 3.05. The topological polar surface area (TPSA) is 113 Å². The molecule has 1 aliphatic carbocycles. The molecule has 0 radical (unpaired) electrons. The molecule has 0 saturated carbocycles. The lowest BCUT2D eigenvalue weighted by Crippen LogP contribution is -2.26. The average Bonchev–Trinajstić information content (AvgIpc) is 2.87. The third-order valence-electron chi connectivity index (χ3n) is 4.49. The Hall–Kier alpha value is -2.80. The molecule has 0 fully saturated rings. The van der Waals surface area contributed by atoms with Crippen LogP contribution in [0.25, 0.3) is 0 Å². The molecule has 6 nitrogen and oxygen atoms in total. The van der Waals surface area contributed by atoms with Crippen LogP contribution in [0.5, 0.6) is 11.5 Å². The predicted molar refractivity (Wildman–Crippen MR) is 92.1 cm³/mol. The van der Waals surface area contributed by atoms with Gasteiger partial charge in [-0.05, 0) is 24.3 Å². The van der Waals surface area contributed by atoms with Gasteiger partial charge in [-0.3, -0.25) is 0 Å². The number of anilines is 1. The Morgan fingerprint density at radius 1 is 1.23 bits per heavy atom. The molecule has 2 aromatic carbocycles. The lowest BCUT2D eigenvalue weighted by molar-refractivity contribution is -0.0978. The van der Waals surface area contributed by atoms with Gasteiger partial charge in [-0.1, -0.05) is 0 Å². The van der Waals surface area contributed by atoms with Crippen molar-refractivity contribution in [3.63, 3.8) is 0 Å². The Morgan fingerprint density at radius 2 is 1.87 bits per heavy atom. The first-order valence-electron chi connectivity index (χ1n) is 8.01. The van der Waals surface area contributed by atoms with Crippen LogP contribution < -0.4 is 10.5 Å². The summed E-state index contributed by atoms with van der Waals surface area (Å²) in [6, 6.07) is 2.94. The van der Waals surface area contributed by atoms with Gasteiger partial charge in [-0.2, -0.15) is 13.2 Å². The van der Waals surface area contributed by atoms with Gasteiger partial charge < -0.3 is 21.0 Å². The first kappa shape index (κ1) is 21.9. The highest BCUT2D eigenvalue weighted by Gasteiger charge is 2.55. The van der Waals surface area contributed by atoms with E-state index in [1.165, 1.54) is 0 Å². The van der Waals surface area contributed by atoms with Crippen molar-refractivity contribution in [2.24, 2.45) is 0 Å². The number of hydrogen-bond acceptors (Lipinski definition) is 6. The molecule has 0 bridgehead atoms. The number of aliphatic hydroxyl groups is 1. The highest BCUT2D eigenvalue weighted by Crippen LogP contribution is 2.51. The molecule has 0 saturated heterocycles. The van der Waals surface area contributed by atoms with Crippen LogP contribution in [-0.2, 0) is 16.3 Å². The summed E-state index contributed by atoms with van der Waals surface area (Å²) in [7, 11) is -6.08. The van der Waals surface area contributed by atoms with Gasteiger partial charge in [0.05, 0.1) is 10.5 Å². The second-order valence-electron chi connectivity index (χ2n) is 6.37. The fourth-order valence-corrected chi connectivity index (χ4v) is 4.08. The zero-order chi connectivity index (χ0) is 22.6. The second-order valence-corrected chi connectivity index (χ2v) is 8.28. The van der Waals surface area contributed by atoms with Crippen molar-refractivity contribution in [3.05, 3.63) is 46.8 Å². The number of hydrogen-bond donors (Lipinski definition) is 3. The molecule has 1 atom stereocenters. The van der Waals surface area contributed by atoms with E-state index < -0.39 is 67.1 Å². The first-order valence-corrected chi connectivity index (χ1v) is 9.50. The molecule has 1 aliphatic rings. The fraction of sp³-hybridized carbons (Fsp3) is 0.235. The van der Waals surface area contributed by atoms with Crippen LogP contribution >= 0.6 is 0 Å². The molecule has 1 unspecified atom stereocenters. The van der Waals surface area contributed by atoms with Gasteiger partial charge in [0, 0.05) is 29.4 Å². The molecular weight excluding hydrogens is 442 g/mol. The SMILES string of the molecule is N=Cc1c(N)ccc(F)c1Oc1ccc(S(=O)(=O)C(F)(F)F)c2c1CC(F)(F)C2O. The van der Waals surface area contributed by atoms with Crippen LogP contribution in [0.15, 0.2) is 29.2 Å². The Bertz CT molecular complexity index is 1150. The number of aliphatic hydroxyl groups excluding tert-OH is 1. The molecule has 2 aromatic rings. The lowest BCUT2D eigenvalue weighted by Gasteiger charge is -2.18. The van der Waals surface area contributed by atoms with E-state index in [0.29, 0.717) is 18.3 Å². The minimum atomic E-state index is -6.08. The van der Waals surface area contributed by atoms with Crippen LogP contribution in [0.4, 0.5) is 32.0 Å². The summed E-state index contributed by atoms with van der Waals surface area (Å²) in [6.45, 7) is 0. The number of ether oxygens (including phenoxy) is 1. The summed E-state index contributed by atoms with van der Waals surface area (Å²) in [5, 5.41) is 17.1. The monoisotopic (exact) mass is 454 g/mol. The number of nitrogens with two attached hydrogens (primary N) is 1. The highest BCUT2D eigenvalue weighted by molar-refractivity contribution is 7.92. The third-order valence-corrected chi connectivity index (χ3v) is 6.04. The van der Waals surface area contributed by atoms with Crippen molar-refractivity contribution in [1.82, 2.24) is 0 Å². The normalized spacial score (nSPS) is 18.2. The standard InChI is InChI=1S/C17H12F6N2O4S/c18-9-1-2-10(25)8(6-24)14(9)29-11-3-4-12(30(27,28)17(21,22)23)13-7(11)5-16(19,20)15(13)26/h1-4,6,15,24,26H,5,25H2. The van der Waals surface area contributed by atoms with Crippen molar-refractivity contribution in [2.75, 3.05) is 5.73 Å². The summed E-state index contributed by atoms with van der Waals surface area (Å²) >= 11 is 0. The van der Waals surface area contributed by atoms with E-state index >= 15 is 0 Å². The van der Waals surface area contributed by atoms with E-state index in [1.54, 1.807) is 0 Å². The van der Waals surface area contributed by atoms with E-state index in [-0.39, 0.29) is 11.3 Å². The quantitative estimate of drug-likeness (QED) is 0.370. The van der Waals surface area contributed by atoms with Gasteiger partial charge in [0.25, 0.3) is 15.8 Å². The average molecular weight is 454 g/mol. The van der Waals surface area contributed by atoms with Gasteiger partial charge in [0.15, 0.2) is 11.6 Å². The Balaban J connectivity index is 2.25. The summed E-state index contributed by atoms with van der Waals surface area (Å²) in [5.41, 5.74) is -2.53. The molecular formula is C17H12F6N2O4S. The van der Waals surface area contributed by atoms with Crippen molar-refractivity contribution in [2.45, 2.75) is 28.9 Å². The largest absolute Gasteiger partial charge is 0.501 e. The van der Waals surface area contributed by atoms with Gasteiger partial charge in [0.1, 0.15) is 11.9 Å². The molecule has 0 aromatic heterocycles. The Morgan fingerprint density at radius 3 is 2.43 bits per heavy atom. The molecule has 0 heterocycles. The zero-order valence-electron chi connectivity index (χ0n) is 14.6. The minimum absolute atomic E-state index is 0.111. The van der Waals surface area contributed by atoms with E-state index in [9.17, 15) is 39.9 Å². The van der Waals surface area contributed by atoms with Crippen LogP contribution in [-0.4, -0.2) is 31.2 Å². The number of nitrogen functional groups attached to an aromatic ring is 1. The number of sulfone groups is 1. The highest BCUT2D eigenvalue weighted by atomic mass is 32.2. The van der Waals surface area contributed by atoms with E-state index in [4.69, 9.17) is 15.9 Å². The summed E-state index contributed by atoms with van der Waals surface area (Å²) < 4.78 is 110. The van der Waals surface area contributed by atoms with Gasteiger partial charge in [-0.15, -0.1) is 0 Å². The predicted octanol–water partition coefficient (Wildman–Crippen LogP) is 3.72. The summed E-state index contributed by atoms with van der Waals surface area (Å²) in [6.07, 6.45) is -3.61. The molecule has 30 heavy (non-hydrogen) atoms. The van der Waals surface area contributed by atoms with Crippen LogP contribution in [0, 0.1) is 11.2 Å². The number of halogens is 6. The Kier molecular flexibility index (Phi) is 5.02. The summed E-state index contributed by atoms with van der Waals surface area (Å²) in [5.74, 6) is -6.36. The lowest BCUT2D eigenvalue weighted by atomic mass is 10.1. The van der Waals surface area contributed by atoms with E-state index in [2.05, 4.69) is 0 Å². The number of benzene rings is 2. The maximum Gasteiger partial charge on any atom is 0.501 e. The van der Waals surface area contributed by atoms with Crippen molar-refractivity contribution >= 4 is 21.7 Å². The molecule has 4 N–H and O–H groups in total. The number of nitrogens with one attached hydrogen (secondary N) is 1. The number of fused-ring (bicyclic) bond motifs is 1. The smallest absolute Gasteiger partial charge is 0.453 e. The van der Waals surface area contributed by atoms with Crippen LogP contribution in [0.2, 0.25) is 0 Å². The molecule has 13 heteroatoms. The van der Waals surface area contributed by atoms with E-state index in [1.807, 2.05) is 0 Å². The molecule has 0 spiro atoms. The van der Waals surface area contributed by atoms with Gasteiger partial charge in [-0.25, -0.2) is 21.6 Å². The number of alkyl halides is 5. The Labute approximate surface area is 165 Å². The zero-order valence-corrected chi connectivity index (χ0v) is 15.4. The van der Waals surface area contributed by atoms with Crippen LogP contribution in [0.3, 0.4) is 0 Å². The minimum Gasteiger partial charge on any atom is -0.453 e. The third kappa shape index (κ3) is 3.27. The maximum atomic E-state index is 14.2. The van der Waals surface area contributed by atoms with Crippen molar-refractivity contribution in [1.29, 1.82) is 5.41 Å². The van der Waals surface area contributed by atoms with Gasteiger partial charge in [0.2, 0.25) is 0 Å². The molecule has 0 amide bonds. The molecule has 0 aliphatic heterocycles. The van der Waals surface area contributed by atoms with Gasteiger partial charge >= 0.3 is 5.51 Å². The second kappa shape index (κ2) is 6.87. The summed E-state index contributed by atoms with van der Waals surface area (Å²) in [4.78, 5) is -1.55. The van der Waals surface area contributed by atoms with Crippen molar-refractivity contribution < 1.29 is 44.6 Å². The van der Waals surface area contributed by atoms with Crippen LogP contribution in [0.1, 0.15) is 22.8 Å².